The molecule has 3 aromatic carbocycles. The van der Waals surface area contributed by atoms with Crippen molar-refractivity contribution < 1.29 is 40.1 Å². The van der Waals surface area contributed by atoms with Gasteiger partial charge in [-0.15, -0.1) is 6.58 Å². The van der Waals surface area contributed by atoms with Crippen LogP contribution in [0.1, 0.15) is 22.8 Å². The van der Waals surface area contributed by atoms with Gasteiger partial charge in [-0.1, -0.05) is 18.2 Å². The summed E-state index contributed by atoms with van der Waals surface area (Å²) in [5.41, 5.74) is 1.98. The van der Waals surface area contributed by atoms with Crippen LogP contribution in [-0.2, 0) is 12.8 Å². The van der Waals surface area contributed by atoms with Gasteiger partial charge in [0, 0.05) is 24.1 Å². The highest BCUT2D eigenvalue weighted by Crippen LogP contribution is 2.42. The lowest BCUT2D eigenvalue weighted by Crippen LogP contribution is -2.30. The number of aliphatic hydroxyl groups excluding tert-OH is 1. The summed E-state index contributed by atoms with van der Waals surface area (Å²) in [5.74, 6) is 0.0913. The van der Waals surface area contributed by atoms with Crippen molar-refractivity contribution in [2.24, 2.45) is 0 Å². The van der Waals surface area contributed by atoms with E-state index in [1.807, 2.05) is 12.1 Å². The Bertz CT molecular complexity index is 1140. The van der Waals surface area contributed by atoms with Crippen molar-refractivity contribution >= 4 is 0 Å². The summed E-state index contributed by atoms with van der Waals surface area (Å²) in [6.45, 7) is 3.63. The molecule has 0 amide bonds. The standard InChI is InChI=1S/C15H14O6.C10H12O2/c16-8-4-11(18)9-6-13(20)15(21-14(9)5-8)7-1-2-10(17)12(19)3-7;1-3-4-8-5-6-9(11)10(7-8)12-2/h1-5,13,15-20H,6H2;3,5-7,11H,1,4H2,2H3/t13-,15+;/m0./s1. The molecule has 1 aliphatic rings. The van der Waals surface area contributed by atoms with Gasteiger partial charge in [-0.25, -0.2) is 0 Å². The molecule has 0 saturated heterocycles. The van der Waals surface area contributed by atoms with E-state index in [0.29, 0.717) is 16.9 Å². The average molecular weight is 454 g/mol. The third-order valence-electron chi connectivity index (χ3n) is 5.14. The highest BCUT2D eigenvalue weighted by molar-refractivity contribution is 5.52. The summed E-state index contributed by atoms with van der Waals surface area (Å²) in [6.07, 6.45) is 1.04. The number of hydrogen-bond acceptors (Lipinski definition) is 8. The first kappa shape index (κ1) is 23.6. The number of ether oxygens (including phenoxy) is 2. The first-order valence-corrected chi connectivity index (χ1v) is 10.1. The molecule has 0 spiro atoms. The summed E-state index contributed by atoms with van der Waals surface area (Å²) >= 11 is 0. The molecular formula is C25H26O8. The molecule has 8 heteroatoms. The molecule has 8 nitrogen and oxygen atoms in total. The van der Waals surface area contributed by atoms with Crippen LogP contribution in [0.15, 0.2) is 61.2 Å². The van der Waals surface area contributed by atoms with E-state index in [4.69, 9.17) is 9.47 Å². The van der Waals surface area contributed by atoms with E-state index >= 15 is 0 Å². The van der Waals surface area contributed by atoms with Gasteiger partial charge in [-0.2, -0.15) is 0 Å². The fraction of sp³-hybridized carbons (Fsp3) is 0.200. The number of methoxy groups -OCH3 is 1. The maximum atomic E-state index is 10.2. The highest BCUT2D eigenvalue weighted by Gasteiger charge is 2.32. The van der Waals surface area contributed by atoms with Crippen LogP contribution < -0.4 is 9.47 Å². The van der Waals surface area contributed by atoms with Crippen molar-refractivity contribution in [2.45, 2.75) is 25.0 Å². The summed E-state index contributed by atoms with van der Waals surface area (Å²) in [6, 6.07) is 11.9. The lowest BCUT2D eigenvalue weighted by molar-refractivity contribution is 0.0197. The zero-order valence-corrected chi connectivity index (χ0v) is 18.0. The smallest absolute Gasteiger partial charge is 0.160 e. The Morgan fingerprint density at radius 2 is 1.67 bits per heavy atom. The average Bonchev–Trinajstić information content (AvgIpc) is 2.78. The largest absolute Gasteiger partial charge is 0.508 e. The third kappa shape index (κ3) is 5.42. The Balaban J connectivity index is 0.000000218. The number of phenols is 5. The van der Waals surface area contributed by atoms with E-state index < -0.39 is 12.2 Å². The molecular weight excluding hydrogens is 428 g/mol. The van der Waals surface area contributed by atoms with Crippen LogP contribution in [0.4, 0.5) is 0 Å². The molecule has 4 rings (SSSR count). The summed E-state index contributed by atoms with van der Waals surface area (Å²) < 4.78 is 10.6. The second-order valence-electron chi connectivity index (χ2n) is 7.50. The molecule has 0 aromatic heterocycles. The van der Waals surface area contributed by atoms with Crippen LogP contribution in [0, 0.1) is 0 Å². The second-order valence-corrected chi connectivity index (χ2v) is 7.50. The van der Waals surface area contributed by atoms with Crippen LogP contribution in [0.25, 0.3) is 0 Å². The molecule has 3 aromatic rings. The van der Waals surface area contributed by atoms with Gasteiger partial charge in [0.1, 0.15) is 23.4 Å². The number of rotatable bonds is 4. The van der Waals surface area contributed by atoms with Gasteiger partial charge < -0.3 is 40.1 Å². The summed E-state index contributed by atoms with van der Waals surface area (Å²) in [5, 5.41) is 57.5. The van der Waals surface area contributed by atoms with Gasteiger partial charge in [-0.3, -0.25) is 0 Å². The molecule has 6 N–H and O–H groups in total. The third-order valence-corrected chi connectivity index (χ3v) is 5.14. The number of fused-ring (bicyclic) bond motifs is 1. The minimum atomic E-state index is -0.933. The van der Waals surface area contributed by atoms with Gasteiger partial charge >= 0.3 is 0 Å². The second kappa shape index (κ2) is 10.1. The highest BCUT2D eigenvalue weighted by atomic mass is 16.5. The SMILES string of the molecule is C=CCc1ccc(O)c(OC)c1.Oc1cc(O)c2c(c1)O[C@H](c1ccc(O)c(O)c1)[C@@H](O)C2. The van der Waals surface area contributed by atoms with Gasteiger partial charge in [0.05, 0.1) is 13.2 Å². The van der Waals surface area contributed by atoms with Gasteiger partial charge in [0.2, 0.25) is 0 Å². The first-order valence-electron chi connectivity index (χ1n) is 10.1. The number of allylic oxidation sites excluding steroid dienone is 1. The van der Waals surface area contributed by atoms with Crippen LogP contribution >= 0.6 is 0 Å². The Morgan fingerprint density at radius 1 is 0.939 bits per heavy atom. The van der Waals surface area contributed by atoms with E-state index in [1.54, 1.807) is 12.1 Å². The van der Waals surface area contributed by atoms with Crippen molar-refractivity contribution in [3.63, 3.8) is 0 Å². The zero-order chi connectivity index (χ0) is 24.1. The molecule has 0 bridgehead atoms. The molecule has 33 heavy (non-hydrogen) atoms. The van der Waals surface area contributed by atoms with Gasteiger partial charge in [-0.05, 0) is 41.8 Å². The number of phenolic OH excluding ortho intramolecular Hbond substituents is 5. The Morgan fingerprint density at radius 3 is 2.33 bits per heavy atom. The molecule has 1 heterocycles. The van der Waals surface area contributed by atoms with Crippen LogP contribution in [0.2, 0.25) is 0 Å². The zero-order valence-electron chi connectivity index (χ0n) is 18.0. The lowest BCUT2D eigenvalue weighted by Gasteiger charge is -2.31. The van der Waals surface area contributed by atoms with Crippen LogP contribution in [0.5, 0.6) is 40.2 Å². The molecule has 0 aliphatic carbocycles. The summed E-state index contributed by atoms with van der Waals surface area (Å²) in [7, 11) is 1.53. The maximum absolute atomic E-state index is 10.2. The molecule has 0 radical (unpaired) electrons. The van der Waals surface area contributed by atoms with Crippen molar-refractivity contribution in [3.8, 4) is 40.2 Å². The molecule has 0 fully saturated rings. The van der Waals surface area contributed by atoms with E-state index in [-0.39, 0.29) is 40.9 Å². The van der Waals surface area contributed by atoms with E-state index in [1.165, 1.54) is 37.4 Å². The topological polar surface area (TPSA) is 140 Å². The van der Waals surface area contributed by atoms with Crippen molar-refractivity contribution in [2.75, 3.05) is 7.11 Å². The Labute approximate surface area is 190 Å². The quantitative estimate of drug-likeness (QED) is 0.259. The predicted molar refractivity (Wildman–Crippen MR) is 121 cm³/mol. The van der Waals surface area contributed by atoms with E-state index in [9.17, 15) is 30.6 Å². The van der Waals surface area contributed by atoms with E-state index in [2.05, 4.69) is 6.58 Å². The minimum absolute atomic E-state index is 0.143. The number of aromatic hydroxyl groups is 5. The van der Waals surface area contributed by atoms with Crippen LogP contribution in [0.3, 0.4) is 0 Å². The normalized spacial score (nSPS) is 16.5. The fourth-order valence-corrected chi connectivity index (χ4v) is 3.48. The number of benzene rings is 3. The Kier molecular flexibility index (Phi) is 7.20. The van der Waals surface area contributed by atoms with Crippen molar-refractivity contribution in [1.82, 2.24) is 0 Å². The predicted octanol–water partition coefficient (Wildman–Crippen LogP) is 3.68. The molecule has 0 saturated carbocycles. The molecule has 2 atom stereocenters. The summed E-state index contributed by atoms with van der Waals surface area (Å²) in [4.78, 5) is 0. The number of aliphatic hydroxyl groups is 1. The lowest BCUT2D eigenvalue weighted by atomic mass is 9.94. The van der Waals surface area contributed by atoms with Crippen molar-refractivity contribution in [1.29, 1.82) is 0 Å². The molecule has 174 valence electrons. The molecule has 0 unspecified atom stereocenters. The Hall–Kier alpha value is -4.04. The van der Waals surface area contributed by atoms with Gasteiger partial charge in [0.15, 0.2) is 23.0 Å². The first-order chi connectivity index (χ1) is 15.7. The van der Waals surface area contributed by atoms with Crippen molar-refractivity contribution in [3.05, 3.63) is 77.9 Å². The maximum Gasteiger partial charge on any atom is 0.160 e. The minimum Gasteiger partial charge on any atom is -0.508 e. The van der Waals surface area contributed by atoms with Gasteiger partial charge in [0.25, 0.3) is 0 Å². The van der Waals surface area contributed by atoms with Crippen LogP contribution in [-0.4, -0.2) is 43.9 Å². The monoisotopic (exact) mass is 454 g/mol. The van der Waals surface area contributed by atoms with E-state index in [0.717, 1.165) is 12.0 Å². The number of hydrogen-bond donors (Lipinski definition) is 6. The molecule has 1 aliphatic heterocycles. The fourth-order valence-electron chi connectivity index (χ4n) is 3.48.